The molecule has 0 aromatic carbocycles. The molecule has 0 heterocycles. The smallest absolute Gasteiger partial charge is 0.00873 e. The minimum absolute atomic E-state index is 0.389. The standard InChI is InChI=1S/C14H29N/c1-11-7-6-8-13(9-11)10-15-12(2)14(3,4)5/h11-13,15H,6-10H2,1-5H3. The van der Waals surface area contributed by atoms with Crippen molar-refractivity contribution in [2.75, 3.05) is 6.54 Å². The summed E-state index contributed by atoms with van der Waals surface area (Å²) in [5.41, 5.74) is 0.389. The van der Waals surface area contributed by atoms with Crippen molar-refractivity contribution in [1.29, 1.82) is 0 Å². The Hall–Kier alpha value is -0.0400. The molecule has 1 fully saturated rings. The van der Waals surface area contributed by atoms with Gasteiger partial charge in [0, 0.05) is 6.04 Å². The molecule has 0 saturated heterocycles. The lowest BCUT2D eigenvalue weighted by Gasteiger charge is -2.32. The first-order chi connectivity index (χ1) is 6.89. The molecule has 0 amide bonds. The summed E-state index contributed by atoms with van der Waals surface area (Å²) in [5, 5.41) is 3.71. The van der Waals surface area contributed by atoms with Crippen LogP contribution in [0, 0.1) is 17.3 Å². The van der Waals surface area contributed by atoms with Gasteiger partial charge in [0.1, 0.15) is 0 Å². The molecule has 3 unspecified atom stereocenters. The van der Waals surface area contributed by atoms with Crippen molar-refractivity contribution in [2.24, 2.45) is 17.3 Å². The van der Waals surface area contributed by atoms with Gasteiger partial charge < -0.3 is 5.32 Å². The molecule has 1 rings (SSSR count). The molecular weight excluding hydrogens is 182 g/mol. The van der Waals surface area contributed by atoms with Crippen LogP contribution in [-0.4, -0.2) is 12.6 Å². The molecule has 1 N–H and O–H groups in total. The van der Waals surface area contributed by atoms with E-state index < -0.39 is 0 Å². The highest BCUT2D eigenvalue weighted by molar-refractivity contribution is 4.79. The van der Waals surface area contributed by atoms with Crippen LogP contribution in [0.1, 0.15) is 60.3 Å². The van der Waals surface area contributed by atoms with Crippen molar-refractivity contribution in [3.63, 3.8) is 0 Å². The number of hydrogen-bond acceptors (Lipinski definition) is 1. The van der Waals surface area contributed by atoms with Crippen LogP contribution in [0.15, 0.2) is 0 Å². The fourth-order valence-corrected chi connectivity index (χ4v) is 2.39. The van der Waals surface area contributed by atoms with Crippen molar-refractivity contribution >= 4 is 0 Å². The Bertz CT molecular complexity index is 180. The molecule has 1 saturated carbocycles. The lowest BCUT2D eigenvalue weighted by Crippen LogP contribution is -2.40. The highest BCUT2D eigenvalue weighted by Gasteiger charge is 2.23. The average molecular weight is 211 g/mol. The van der Waals surface area contributed by atoms with Crippen LogP contribution in [0.2, 0.25) is 0 Å². The summed E-state index contributed by atoms with van der Waals surface area (Å²) in [7, 11) is 0. The van der Waals surface area contributed by atoms with E-state index in [4.69, 9.17) is 0 Å². The summed E-state index contributed by atoms with van der Waals surface area (Å²) in [5.74, 6) is 1.88. The van der Waals surface area contributed by atoms with Crippen LogP contribution in [0.5, 0.6) is 0 Å². The van der Waals surface area contributed by atoms with Crippen molar-refractivity contribution < 1.29 is 0 Å². The molecule has 1 heteroatoms. The van der Waals surface area contributed by atoms with Crippen LogP contribution in [0.4, 0.5) is 0 Å². The van der Waals surface area contributed by atoms with Gasteiger partial charge in [-0.05, 0) is 43.6 Å². The van der Waals surface area contributed by atoms with E-state index in [1.165, 1.54) is 32.2 Å². The van der Waals surface area contributed by atoms with E-state index in [2.05, 4.69) is 39.9 Å². The van der Waals surface area contributed by atoms with E-state index in [0.29, 0.717) is 11.5 Å². The monoisotopic (exact) mass is 211 g/mol. The predicted molar refractivity (Wildman–Crippen MR) is 68.0 cm³/mol. The summed E-state index contributed by atoms with van der Waals surface area (Å²) in [6.07, 6.45) is 5.76. The summed E-state index contributed by atoms with van der Waals surface area (Å²) in [6, 6.07) is 0.620. The topological polar surface area (TPSA) is 12.0 Å². The number of hydrogen-bond donors (Lipinski definition) is 1. The van der Waals surface area contributed by atoms with Gasteiger partial charge in [0.15, 0.2) is 0 Å². The summed E-state index contributed by atoms with van der Waals surface area (Å²) in [4.78, 5) is 0. The van der Waals surface area contributed by atoms with Gasteiger partial charge in [0.25, 0.3) is 0 Å². The van der Waals surface area contributed by atoms with Gasteiger partial charge in [0.05, 0.1) is 0 Å². The Kier molecular flexibility index (Phi) is 4.64. The summed E-state index contributed by atoms with van der Waals surface area (Å²) < 4.78 is 0. The molecule has 0 radical (unpaired) electrons. The van der Waals surface area contributed by atoms with E-state index in [1.54, 1.807) is 0 Å². The Labute approximate surface area is 96.0 Å². The van der Waals surface area contributed by atoms with E-state index in [1.807, 2.05) is 0 Å². The molecule has 1 nitrogen and oxygen atoms in total. The van der Waals surface area contributed by atoms with Crippen LogP contribution in [-0.2, 0) is 0 Å². The van der Waals surface area contributed by atoms with Crippen LogP contribution < -0.4 is 5.32 Å². The van der Waals surface area contributed by atoms with Crippen molar-refractivity contribution in [3.8, 4) is 0 Å². The van der Waals surface area contributed by atoms with Crippen LogP contribution in [0.25, 0.3) is 0 Å². The highest BCUT2D eigenvalue weighted by atomic mass is 14.9. The molecule has 1 aliphatic rings. The van der Waals surface area contributed by atoms with Gasteiger partial charge in [-0.3, -0.25) is 0 Å². The van der Waals surface area contributed by atoms with E-state index in [0.717, 1.165) is 11.8 Å². The first kappa shape index (κ1) is 13.0. The molecular formula is C14H29N. The lowest BCUT2D eigenvalue weighted by molar-refractivity contribution is 0.232. The SMILES string of the molecule is CC1CCCC(CNC(C)C(C)(C)C)C1. The van der Waals surface area contributed by atoms with E-state index >= 15 is 0 Å². The quantitative estimate of drug-likeness (QED) is 0.748. The Balaban J connectivity index is 2.24. The maximum atomic E-state index is 3.71. The Morgan fingerprint density at radius 2 is 1.93 bits per heavy atom. The normalized spacial score (nSPS) is 30.2. The minimum atomic E-state index is 0.389. The zero-order chi connectivity index (χ0) is 11.5. The summed E-state index contributed by atoms with van der Waals surface area (Å²) >= 11 is 0. The minimum Gasteiger partial charge on any atom is -0.313 e. The van der Waals surface area contributed by atoms with Crippen LogP contribution in [0.3, 0.4) is 0 Å². The molecule has 0 spiro atoms. The first-order valence-corrected chi connectivity index (χ1v) is 6.63. The summed E-state index contributed by atoms with van der Waals surface area (Å²) in [6.45, 7) is 12.9. The third-order valence-corrected chi connectivity index (χ3v) is 4.06. The molecule has 0 aromatic heterocycles. The second-order valence-electron chi connectivity index (χ2n) is 6.63. The maximum Gasteiger partial charge on any atom is 0.00873 e. The number of nitrogens with one attached hydrogen (secondary N) is 1. The van der Waals surface area contributed by atoms with Crippen LogP contribution >= 0.6 is 0 Å². The molecule has 15 heavy (non-hydrogen) atoms. The second kappa shape index (κ2) is 5.34. The molecule has 90 valence electrons. The van der Waals surface area contributed by atoms with Crippen molar-refractivity contribution in [3.05, 3.63) is 0 Å². The molecule has 1 aliphatic carbocycles. The van der Waals surface area contributed by atoms with Crippen molar-refractivity contribution in [2.45, 2.75) is 66.3 Å². The predicted octanol–water partition coefficient (Wildman–Crippen LogP) is 3.84. The van der Waals surface area contributed by atoms with Crippen molar-refractivity contribution in [1.82, 2.24) is 5.32 Å². The molecule has 0 bridgehead atoms. The maximum absolute atomic E-state index is 3.71. The van der Waals surface area contributed by atoms with Gasteiger partial charge in [-0.1, -0.05) is 40.5 Å². The third kappa shape index (κ3) is 4.55. The van der Waals surface area contributed by atoms with E-state index in [-0.39, 0.29) is 0 Å². The first-order valence-electron chi connectivity index (χ1n) is 6.63. The van der Waals surface area contributed by atoms with E-state index in [9.17, 15) is 0 Å². The molecule has 0 aliphatic heterocycles. The second-order valence-corrected chi connectivity index (χ2v) is 6.63. The number of rotatable bonds is 3. The fraction of sp³-hybridized carbons (Fsp3) is 1.00. The van der Waals surface area contributed by atoms with Gasteiger partial charge in [-0.25, -0.2) is 0 Å². The molecule has 0 aromatic rings. The van der Waals surface area contributed by atoms with Gasteiger partial charge >= 0.3 is 0 Å². The largest absolute Gasteiger partial charge is 0.313 e. The highest BCUT2D eigenvalue weighted by Crippen LogP contribution is 2.28. The van der Waals surface area contributed by atoms with Gasteiger partial charge in [-0.2, -0.15) is 0 Å². The average Bonchev–Trinajstić information content (AvgIpc) is 2.12. The third-order valence-electron chi connectivity index (χ3n) is 4.06. The lowest BCUT2D eigenvalue weighted by atomic mass is 9.81. The zero-order valence-corrected chi connectivity index (χ0v) is 11.3. The molecule has 3 atom stereocenters. The van der Waals surface area contributed by atoms with Gasteiger partial charge in [-0.15, -0.1) is 0 Å². The Morgan fingerprint density at radius 1 is 1.27 bits per heavy atom. The zero-order valence-electron chi connectivity index (χ0n) is 11.3. The Morgan fingerprint density at radius 3 is 2.47 bits per heavy atom. The fourth-order valence-electron chi connectivity index (χ4n) is 2.39. The van der Waals surface area contributed by atoms with Gasteiger partial charge in [0.2, 0.25) is 0 Å².